The molecule has 16 heavy (non-hydrogen) atoms. The number of benzene rings is 1. The Labute approximate surface area is 96.9 Å². The maximum absolute atomic E-state index is 7.62. The lowest BCUT2D eigenvalue weighted by Gasteiger charge is -2.23. The molecule has 0 saturated carbocycles. The van der Waals surface area contributed by atoms with E-state index in [0.717, 1.165) is 5.56 Å². The van der Waals surface area contributed by atoms with Gasteiger partial charge in [0.25, 0.3) is 0 Å². The fourth-order valence-corrected chi connectivity index (χ4v) is 1.34. The molecule has 1 N–H and O–H groups in total. The van der Waals surface area contributed by atoms with E-state index in [-0.39, 0.29) is 11.3 Å². The summed E-state index contributed by atoms with van der Waals surface area (Å²) in [4.78, 5) is 0. The van der Waals surface area contributed by atoms with Crippen LogP contribution in [0.2, 0.25) is 0 Å². The molecule has 0 unspecified atom stereocenters. The molecule has 0 aliphatic rings. The van der Waals surface area contributed by atoms with Gasteiger partial charge < -0.3 is 9.47 Å². The normalized spacial score (nSPS) is 11.2. The number of nitrogens with one attached hydrogen (secondary N) is 1. The molecule has 0 aliphatic heterocycles. The molecule has 0 heterocycles. The summed E-state index contributed by atoms with van der Waals surface area (Å²) in [6.45, 7) is 4.92. The van der Waals surface area contributed by atoms with Crippen molar-refractivity contribution in [2.45, 2.75) is 20.5 Å². The molecule has 1 aromatic carbocycles. The van der Waals surface area contributed by atoms with Crippen LogP contribution in [0.5, 0.6) is 0 Å². The highest BCUT2D eigenvalue weighted by Crippen LogP contribution is 2.18. The largest absolute Gasteiger partial charge is 0.484 e. The van der Waals surface area contributed by atoms with Gasteiger partial charge in [-0.2, -0.15) is 0 Å². The standard InChI is InChI=1S/C13H19NO2/c1-13(2,12(14)15-3)10-16-9-11-7-5-4-6-8-11/h4-8,14H,9-10H2,1-3H3. The van der Waals surface area contributed by atoms with Crippen molar-refractivity contribution in [1.82, 2.24) is 0 Å². The third kappa shape index (κ3) is 3.66. The summed E-state index contributed by atoms with van der Waals surface area (Å²) in [7, 11) is 1.52. The van der Waals surface area contributed by atoms with Crippen LogP contribution in [0, 0.1) is 10.8 Å². The first-order chi connectivity index (χ1) is 7.56. The molecule has 0 bridgehead atoms. The second kappa shape index (κ2) is 5.66. The van der Waals surface area contributed by atoms with Gasteiger partial charge in [0.2, 0.25) is 0 Å². The van der Waals surface area contributed by atoms with Crippen LogP contribution in [-0.2, 0) is 16.1 Å². The zero-order chi connectivity index (χ0) is 12.0. The van der Waals surface area contributed by atoms with Crippen LogP contribution >= 0.6 is 0 Å². The Bertz CT molecular complexity index is 333. The van der Waals surface area contributed by atoms with Crippen molar-refractivity contribution in [2.24, 2.45) is 5.41 Å². The summed E-state index contributed by atoms with van der Waals surface area (Å²) < 4.78 is 10.5. The number of ether oxygens (including phenoxy) is 2. The molecule has 88 valence electrons. The number of hydrogen-bond acceptors (Lipinski definition) is 3. The minimum absolute atomic E-state index is 0.251. The van der Waals surface area contributed by atoms with Crippen molar-refractivity contribution in [1.29, 1.82) is 5.41 Å². The molecular weight excluding hydrogens is 202 g/mol. The molecule has 0 atom stereocenters. The maximum atomic E-state index is 7.62. The molecule has 0 aliphatic carbocycles. The van der Waals surface area contributed by atoms with Gasteiger partial charge in [-0.3, -0.25) is 5.41 Å². The molecule has 3 heteroatoms. The summed E-state index contributed by atoms with van der Waals surface area (Å²) in [5, 5.41) is 7.62. The zero-order valence-electron chi connectivity index (χ0n) is 10.1. The Morgan fingerprint density at radius 2 is 1.88 bits per heavy atom. The minimum atomic E-state index is -0.371. The Hall–Kier alpha value is -1.35. The third-order valence-corrected chi connectivity index (χ3v) is 2.39. The smallest absolute Gasteiger partial charge is 0.188 e. The highest BCUT2D eigenvalue weighted by molar-refractivity contribution is 5.78. The summed E-state index contributed by atoms with van der Waals surface area (Å²) in [6.07, 6.45) is 0. The quantitative estimate of drug-likeness (QED) is 0.613. The van der Waals surface area contributed by atoms with Gasteiger partial charge in [0.15, 0.2) is 5.90 Å². The molecule has 0 radical (unpaired) electrons. The lowest BCUT2D eigenvalue weighted by atomic mass is 9.95. The number of hydrogen-bond donors (Lipinski definition) is 1. The highest BCUT2D eigenvalue weighted by atomic mass is 16.5. The first-order valence-corrected chi connectivity index (χ1v) is 5.31. The van der Waals surface area contributed by atoms with Gasteiger partial charge in [-0.15, -0.1) is 0 Å². The molecule has 0 amide bonds. The molecule has 0 aromatic heterocycles. The van der Waals surface area contributed by atoms with Gasteiger partial charge in [-0.05, 0) is 19.4 Å². The highest BCUT2D eigenvalue weighted by Gasteiger charge is 2.25. The summed E-state index contributed by atoms with van der Waals surface area (Å²) in [5.41, 5.74) is 0.769. The van der Waals surface area contributed by atoms with E-state index in [4.69, 9.17) is 14.9 Å². The Morgan fingerprint density at radius 1 is 1.25 bits per heavy atom. The predicted molar refractivity (Wildman–Crippen MR) is 64.6 cm³/mol. The minimum Gasteiger partial charge on any atom is -0.484 e. The van der Waals surface area contributed by atoms with Gasteiger partial charge in [0.1, 0.15) is 0 Å². The van der Waals surface area contributed by atoms with Crippen LogP contribution in [0.25, 0.3) is 0 Å². The fourth-order valence-electron chi connectivity index (χ4n) is 1.34. The Balaban J connectivity index is 2.38. The maximum Gasteiger partial charge on any atom is 0.188 e. The second-order valence-electron chi connectivity index (χ2n) is 4.40. The average molecular weight is 221 g/mol. The summed E-state index contributed by atoms with van der Waals surface area (Å²) in [6, 6.07) is 10.00. The van der Waals surface area contributed by atoms with Crippen LogP contribution in [0.4, 0.5) is 0 Å². The molecular formula is C13H19NO2. The van der Waals surface area contributed by atoms with Crippen molar-refractivity contribution < 1.29 is 9.47 Å². The molecule has 0 fully saturated rings. The van der Waals surface area contributed by atoms with E-state index in [0.29, 0.717) is 13.2 Å². The number of rotatable bonds is 5. The SMILES string of the molecule is COC(=N)C(C)(C)COCc1ccccc1. The summed E-state index contributed by atoms with van der Waals surface area (Å²) in [5.74, 6) is 0.251. The van der Waals surface area contributed by atoms with E-state index >= 15 is 0 Å². The van der Waals surface area contributed by atoms with Crippen LogP contribution in [0.1, 0.15) is 19.4 Å². The predicted octanol–water partition coefficient (Wildman–Crippen LogP) is 2.85. The molecule has 0 saturated heterocycles. The van der Waals surface area contributed by atoms with Gasteiger partial charge >= 0.3 is 0 Å². The van der Waals surface area contributed by atoms with Crippen LogP contribution in [0.3, 0.4) is 0 Å². The summed E-state index contributed by atoms with van der Waals surface area (Å²) >= 11 is 0. The van der Waals surface area contributed by atoms with Crippen molar-refractivity contribution >= 4 is 5.90 Å². The van der Waals surface area contributed by atoms with E-state index in [9.17, 15) is 0 Å². The fraction of sp³-hybridized carbons (Fsp3) is 0.462. The zero-order valence-corrected chi connectivity index (χ0v) is 10.1. The molecule has 0 spiro atoms. The lowest BCUT2D eigenvalue weighted by molar-refractivity contribution is 0.0697. The molecule has 1 aromatic rings. The first-order valence-electron chi connectivity index (χ1n) is 5.31. The van der Waals surface area contributed by atoms with Crippen molar-refractivity contribution in [3.05, 3.63) is 35.9 Å². The van der Waals surface area contributed by atoms with Gasteiger partial charge in [-0.1, -0.05) is 30.3 Å². The van der Waals surface area contributed by atoms with E-state index in [1.54, 1.807) is 0 Å². The molecule has 3 nitrogen and oxygen atoms in total. The first kappa shape index (κ1) is 12.7. The van der Waals surface area contributed by atoms with Crippen molar-refractivity contribution in [2.75, 3.05) is 13.7 Å². The Morgan fingerprint density at radius 3 is 2.44 bits per heavy atom. The lowest BCUT2D eigenvalue weighted by Crippen LogP contribution is -2.30. The second-order valence-corrected chi connectivity index (χ2v) is 4.40. The third-order valence-electron chi connectivity index (χ3n) is 2.39. The van der Waals surface area contributed by atoms with Gasteiger partial charge in [0.05, 0.1) is 25.7 Å². The number of methoxy groups -OCH3 is 1. The van der Waals surface area contributed by atoms with Crippen LogP contribution < -0.4 is 0 Å². The molecule has 1 rings (SSSR count). The van der Waals surface area contributed by atoms with Crippen LogP contribution in [0.15, 0.2) is 30.3 Å². The van der Waals surface area contributed by atoms with E-state index in [1.807, 2.05) is 44.2 Å². The Kier molecular flexibility index (Phi) is 4.50. The van der Waals surface area contributed by atoms with Gasteiger partial charge in [0, 0.05) is 0 Å². The van der Waals surface area contributed by atoms with Crippen molar-refractivity contribution in [3.8, 4) is 0 Å². The van der Waals surface area contributed by atoms with Gasteiger partial charge in [-0.25, -0.2) is 0 Å². The average Bonchev–Trinajstić information content (AvgIpc) is 2.29. The topological polar surface area (TPSA) is 42.3 Å². The van der Waals surface area contributed by atoms with Crippen LogP contribution in [-0.4, -0.2) is 19.6 Å². The monoisotopic (exact) mass is 221 g/mol. The van der Waals surface area contributed by atoms with E-state index < -0.39 is 0 Å². The van der Waals surface area contributed by atoms with E-state index in [1.165, 1.54) is 7.11 Å². The van der Waals surface area contributed by atoms with Crippen molar-refractivity contribution in [3.63, 3.8) is 0 Å². The van der Waals surface area contributed by atoms with E-state index in [2.05, 4.69) is 0 Å².